The van der Waals surface area contributed by atoms with Gasteiger partial charge in [0.2, 0.25) is 0 Å². The molecule has 4 rings (SSSR count). The maximum atomic E-state index is 5.85. The smallest absolute Gasteiger partial charge is 0.122 e. The summed E-state index contributed by atoms with van der Waals surface area (Å²) in [5, 5.41) is 10.9. The molecule has 1 atom stereocenters. The molecule has 2 N–H and O–H groups in total. The normalized spacial score (nSPS) is 16.1. The van der Waals surface area contributed by atoms with E-state index in [1.165, 1.54) is 5.56 Å². The van der Waals surface area contributed by atoms with Gasteiger partial charge in [-0.25, -0.2) is 0 Å². The van der Waals surface area contributed by atoms with Crippen molar-refractivity contribution in [1.82, 2.24) is 15.5 Å². The minimum absolute atomic E-state index is 0.300. The standard InChI is InChI=1S/C20H21N3O2/c1-24-18-8-6-14(7-9-18)20-16(12-22-23-20)11-21-17-10-15-4-2-3-5-19(15)25-13-17/h2-9,12,17,21H,10-11,13H2,1H3,(H,22,23)/t17-/m1/s1. The Morgan fingerprint density at radius 1 is 1.20 bits per heavy atom. The van der Waals surface area contributed by atoms with Crippen LogP contribution in [0.15, 0.2) is 54.7 Å². The first-order valence-electron chi connectivity index (χ1n) is 8.44. The first kappa shape index (κ1) is 15.7. The second-order valence-corrected chi connectivity index (χ2v) is 6.20. The molecule has 1 aliphatic rings. The van der Waals surface area contributed by atoms with Crippen LogP contribution in [0.25, 0.3) is 11.3 Å². The Kier molecular flexibility index (Phi) is 4.39. The lowest BCUT2D eigenvalue weighted by molar-refractivity contribution is 0.238. The van der Waals surface area contributed by atoms with E-state index < -0.39 is 0 Å². The first-order chi connectivity index (χ1) is 12.3. The number of para-hydroxylation sites is 1. The molecule has 1 aliphatic heterocycles. The number of hydrogen-bond acceptors (Lipinski definition) is 4. The van der Waals surface area contributed by atoms with E-state index in [0.717, 1.165) is 41.3 Å². The largest absolute Gasteiger partial charge is 0.497 e. The maximum absolute atomic E-state index is 5.85. The molecule has 128 valence electrons. The highest BCUT2D eigenvalue weighted by molar-refractivity contribution is 5.63. The number of rotatable bonds is 5. The van der Waals surface area contributed by atoms with Gasteiger partial charge in [0, 0.05) is 23.7 Å². The zero-order valence-corrected chi connectivity index (χ0v) is 14.2. The summed E-state index contributed by atoms with van der Waals surface area (Å²) in [4.78, 5) is 0. The SMILES string of the molecule is COc1ccc(-c2[nH]ncc2CN[C@H]2COc3ccccc3C2)cc1. The van der Waals surface area contributed by atoms with Crippen molar-refractivity contribution in [1.29, 1.82) is 0 Å². The van der Waals surface area contributed by atoms with Gasteiger partial charge in [0.1, 0.15) is 18.1 Å². The third-order valence-electron chi connectivity index (χ3n) is 4.56. The van der Waals surface area contributed by atoms with E-state index in [1.807, 2.05) is 42.6 Å². The quantitative estimate of drug-likeness (QED) is 0.752. The number of nitrogens with one attached hydrogen (secondary N) is 2. The number of benzene rings is 2. The van der Waals surface area contributed by atoms with Crippen molar-refractivity contribution in [2.75, 3.05) is 13.7 Å². The molecular formula is C20H21N3O2. The van der Waals surface area contributed by atoms with E-state index in [1.54, 1.807) is 7.11 Å². The van der Waals surface area contributed by atoms with Crippen molar-refractivity contribution in [3.8, 4) is 22.8 Å². The van der Waals surface area contributed by atoms with Crippen molar-refractivity contribution in [3.63, 3.8) is 0 Å². The Balaban J connectivity index is 1.43. The molecule has 0 saturated heterocycles. The number of hydrogen-bond donors (Lipinski definition) is 2. The van der Waals surface area contributed by atoms with Crippen LogP contribution in [0.5, 0.6) is 11.5 Å². The Morgan fingerprint density at radius 2 is 2.04 bits per heavy atom. The molecule has 25 heavy (non-hydrogen) atoms. The summed E-state index contributed by atoms with van der Waals surface area (Å²) in [6, 6.07) is 16.5. The number of ether oxygens (including phenoxy) is 2. The molecule has 0 fully saturated rings. The van der Waals surface area contributed by atoms with Gasteiger partial charge < -0.3 is 14.8 Å². The summed E-state index contributed by atoms with van der Waals surface area (Å²) < 4.78 is 11.1. The van der Waals surface area contributed by atoms with E-state index in [-0.39, 0.29) is 0 Å². The fraction of sp³-hybridized carbons (Fsp3) is 0.250. The number of H-pyrrole nitrogens is 1. The summed E-state index contributed by atoms with van der Waals surface area (Å²) in [7, 11) is 1.67. The molecule has 0 radical (unpaired) electrons. The van der Waals surface area contributed by atoms with Crippen molar-refractivity contribution in [3.05, 3.63) is 65.9 Å². The predicted molar refractivity (Wildman–Crippen MR) is 96.8 cm³/mol. The average Bonchev–Trinajstić information content (AvgIpc) is 3.15. The van der Waals surface area contributed by atoms with Crippen LogP contribution in [0, 0.1) is 0 Å². The highest BCUT2D eigenvalue weighted by atomic mass is 16.5. The van der Waals surface area contributed by atoms with Gasteiger partial charge in [0.15, 0.2) is 0 Å². The Hall–Kier alpha value is -2.79. The van der Waals surface area contributed by atoms with Gasteiger partial charge in [-0.2, -0.15) is 5.10 Å². The summed E-state index contributed by atoms with van der Waals surface area (Å²) in [6.07, 6.45) is 2.86. The molecule has 5 heteroatoms. The third-order valence-corrected chi connectivity index (χ3v) is 4.56. The predicted octanol–water partition coefficient (Wildman–Crippen LogP) is 3.18. The molecule has 0 saturated carbocycles. The minimum atomic E-state index is 0.300. The molecule has 3 aromatic rings. The topological polar surface area (TPSA) is 59.2 Å². The van der Waals surface area contributed by atoms with E-state index in [4.69, 9.17) is 9.47 Å². The Bertz CT molecular complexity index is 842. The van der Waals surface area contributed by atoms with Gasteiger partial charge >= 0.3 is 0 Å². The number of nitrogens with zero attached hydrogens (tertiary/aromatic N) is 1. The molecule has 2 aromatic carbocycles. The van der Waals surface area contributed by atoms with E-state index >= 15 is 0 Å². The lowest BCUT2D eigenvalue weighted by atomic mass is 10.0. The highest BCUT2D eigenvalue weighted by Gasteiger charge is 2.19. The first-order valence-corrected chi connectivity index (χ1v) is 8.44. The maximum Gasteiger partial charge on any atom is 0.122 e. The summed E-state index contributed by atoms with van der Waals surface area (Å²) in [5.41, 5.74) is 4.53. The minimum Gasteiger partial charge on any atom is -0.497 e. The molecule has 5 nitrogen and oxygen atoms in total. The summed E-state index contributed by atoms with van der Waals surface area (Å²) >= 11 is 0. The second kappa shape index (κ2) is 6.99. The Labute approximate surface area is 147 Å². The fourth-order valence-corrected chi connectivity index (χ4v) is 3.17. The Morgan fingerprint density at radius 3 is 2.88 bits per heavy atom. The monoisotopic (exact) mass is 335 g/mol. The van der Waals surface area contributed by atoms with Gasteiger partial charge in [-0.3, -0.25) is 5.10 Å². The van der Waals surface area contributed by atoms with Crippen molar-refractivity contribution in [2.24, 2.45) is 0 Å². The zero-order chi connectivity index (χ0) is 17.1. The highest BCUT2D eigenvalue weighted by Crippen LogP contribution is 2.26. The van der Waals surface area contributed by atoms with Crippen molar-refractivity contribution < 1.29 is 9.47 Å². The lowest BCUT2D eigenvalue weighted by Crippen LogP contribution is -2.38. The molecule has 2 heterocycles. The lowest BCUT2D eigenvalue weighted by Gasteiger charge is -2.26. The van der Waals surface area contributed by atoms with Crippen LogP contribution >= 0.6 is 0 Å². The van der Waals surface area contributed by atoms with Gasteiger partial charge in [-0.05, 0) is 42.3 Å². The van der Waals surface area contributed by atoms with Gasteiger partial charge in [-0.15, -0.1) is 0 Å². The van der Waals surface area contributed by atoms with Crippen LogP contribution in [0.4, 0.5) is 0 Å². The molecule has 0 unspecified atom stereocenters. The molecule has 0 aliphatic carbocycles. The van der Waals surface area contributed by atoms with Gasteiger partial charge in [0.05, 0.1) is 19.0 Å². The summed E-state index contributed by atoms with van der Waals surface area (Å²) in [5.74, 6) is 1.85. The fourth-order valence-electron chi connectivity index (χ4n) is 3.17. The van der Waals surface area contributed by atoms with E-state index in [0.29, 0.717) is 12.6 Å². The average molecular weight is 335 g/mol. The molecule has 0 spiro atoms. The van der Waals surface area contributed by atoms with Gasteiger partial charge in [-0.1, -0.05) is 18.2 Å². The number of methoxy groups -OCH3 is 1. The summed E-state index contributed by atoms with van der Waals surface area (Å²) in [6.45, 7) is 1.43. The zero-order valence-electron chi connectivity index (χ0n) is 14.2. The van der Waals surface area contributed by atoms with Crippen LogP contribution in [-0.4, -0.2) is 30.0 Å². The van der Waals surface area contributed by atoms with Crippen LogP contribution in [0.1, 0.15) is 11.1 Å². The molecular weight excluding hydrogens is 314 g/mol. The number of fused-ring (bicyclic) bond motifs is 1. The van der Waals surface area contributed by atoms with Crippen LogP contribution in [-0.2, 0) is 13.0 Å². The van der Waals surface area contributed by atoms with Crippen molar-refractivity contribution in [2.45, 2.75) is 19.0 Å². The molecule has 0 amide bonds. The van der Waals surface area contributed by atoms with Crippen LogP contribution < -0.4 is 14.8 Å². The second-order valence-electron chi connectivity index (χ2n) is 6.20. The number of aromatic nitrogens is 2. The van der Waals surface area contributed by atoms with E-state index in [2.05, 4.69) is 27.6 Å². The number of aromatic amines is 1. The van der Waals surface area contributed by atoms with Crippen LogP contribution in [0.3, 0.4) is 0 Å². The van der Waals surface area contributed by atoms with E-state index in [9.17, 15) is 0 Å². The third kappa shape index (κ3) is 3.37. The van der Waals surface area contributed by atoms with Crippen molar-refractivity contribution >= 4 is 0 Å². The molecule has 1 aromatic heterocycles. The van der Waals surface area contributed by atoms with Crippen LogP contribution in [0.2, 0.25) is 0 Å². The van der Waals surface area contributed by atoms with Gasteiger partial charge in [0.25, 0.3) is 0 Å². The molecule has 0 bridgehead atoms.